The lowest BCUT2D eigenvalue weighted by atomic mass is 9.90. The van der Waals surface area contributed by atoms with Gasteiger partial charge in [0.2, 0.25) is 5.91 Å². The number of unbranched alkanes of at least 4 members (excludes halogenated alkanes) is 1. The Morgan fingerprint density at radius 3 is 2.36 bits per heavy atom. The fourth-order valence-electron chi connectivity index (χ4n) is 4.71. The molecule has 0 radical (unpaired) electrons. The zero-order valence-electron chi connectivity index (χ0n) is 20.1. The molecule has 0 saturated carbocycles. The van der Waals surface area contributed by atoms with Gasteiger partial charge in [0.25, 0.3) is 5.91 Å². The van der Waals surface area contributed by atoms with Crippen molar-refractivity contribution in [3.05, 3.63) is 83.4 Å². The second-order valence-electron chi connectivity index (χ2n) is 8.76. The van der Waals surface area contributed by atoms with Crippen molar-refractivity contribution in [2.75, 3.05) is 23.7 Å². The Kier molecular flexibility index (Phi) is 6.85. The van der Waals surface area contributed by atoms with Gasteiger partial charge in [0.05, 0.1) is 31.1 Å². The SMILES string of the molecule is CCCCOc1ccc([C@@H]2[C@H]3C(=O)N(c4ccc(Cl)cc4)C(=O)[C@@H]3ON2c2ccccc2)cc1OC. The Balaban J connectivity index is 1.54. The standard InChI is InChI=1S/C28H27ClN2O5/c1-3-4-16-35-22-15-10-18(17-23(22)34-2)25-24-26(36-31(25)21-8-6-5-7-9-21)28(33)30(27(24)32)20-13-11-19(29)12-14-20/h5-15,17,24-26H,3-4,16H2,1-2H3/t24-,25-,26-/m1/s1. The van der Waals surface area contributed by atoms with E-state index in [4.69, 9.17) is 25.9 Å². The van der Waals surface area contributed by atoms with Gasteiger partial charge in [0, 0.05) is 5.02 Å². The van der Waals surface area contributed by atoms with Crippen LogP contribution in [-0.2, 0) is 14.4 Å². The Morgan fingerprint density at radius 2 is 1.67 bits per heavy atom. The molecule has 186 valence electrons. The molecule has 5 rings (SSSR count). The Labute approximate surface area is 215 Å². The normalized spacial score (nSPS) is 21.1. The number of anilines is 2. The quantitative estimate of drug-likeness (QED) is 0.293. The highest BCUT2D eigenvalue weighted by Gasteiger charge is 2.60. The van der Waals surface area contributed by atoms with Crippen LogP contribution >= 0.6 is 11.6 Å². The number of carbonyl (C=O) groups excluding carboxylic acids is 2. The highest BCUT2D eigenvalue weighted by Crippen LogP contribution is 2.48. The van der Waals surface area contributed by atoms with E-state index in [1.165, 1.54) is 4.90 Å². The smallest absolute Gasteiger partial charge is 0.266 e. The third kappa shape index (κ3) is 4.29. The van der Waals surface area contributed by atoms with Crippen LogP contribution in [0.3, 0.4) is 0 Å². The van der Waals surface area contributed by atoms with Crippen molar-refractivity contribution in [2.24, 2.45) is 5.92 Å². The first kappa shape index (κ1) is 24.2. The number of hydrogen-bond acceptors (Lipinski definition) is 6. The summed E-state index contributed by atoms with van der Waals surface area (Å²) in [5.74, 6) is -0.274. The van der Waals surface area contributed by atoms with Crippen LogP contribution in [0.1, 0.15) is 31.4 Å². The van der Waals surface area contributed by atoms with Gasteiger partial charge in [0.1, 0.15) is 5.92 Å². The lowest BCUT2D eigenvalue weighted by Crippen LogP contribution is -2.37. The number of halogens is 1. The monoisotopic (exact) mass is 506 g/mol. The van der Waals surface area contributed by atoms with E-state index in [0.29, 0.717) is 28.8 Å². The summed E-state index contributed by atoms with van der Waals surface area (Å²) in [4.78, 5) is 34.6. The number of imide groups is 1. The zero-order valence-corrected chi connectivity index (χ0v) is 20.9. The van der Waals surface area contributed by atoms with Gasteiger partial charge in [-0.05, 0) is 60.5 Å². The predicted octanol–water partition coefficient (Wildman–Crippen LogP) is 5.58. The Hall–Kier alpha value is -3.55. The van der Waals surface area contributed by atoms with E-state index in [-0.39, 0.29) is 5.91 Å². The molecule has 2 heterocycles. The van der Waals surface area contributed by atoms with Crippen LogP contribution in [0, 0.1) is 5.92 Å². The Bertz CT molecular complexity index is 1250. The fourth-order valence-corrected chi connectivity index (χ4v) is 4.84. The molecule has 0 N–H and O–H groups in total. The average molecular weight is 507 g/mol. The third-order valence-electron chi connectivity index (χ3n) is 6.50. The van der Waals surface area contributed by atoms with Gasteiger partial charge >= 0.3 is 0 Å². The number of nitrogens with zero attached hydrogens (tertiary/aromatic N) is 2. The number of ether oxygens (including phenoxy) is 2. The summed E-state index contributed by atoms with van der Waals surface area (Å²) in [7, 11) is 1.58. The van der Waals surface area contributed by atoms with Gasteiger partial charge in [-0.15, -0.1) is 0 Å². The van der Waals surface area contributed by atoms with E-state index in [1.807, 2.05) is 48.5 Å². The molecule has 3 aromatic rings. The summed E-state index contributed by atoms with van der Waals surface area (Å²) >= 11 is 6.02. The van der Waals surface area contributed by atoms with E-state index in [0.717, 1.165) is 24.1 Å². The number of hydrogen-bond donors (Lipinski definition) is 0. The second kappa shape index (κ2) is 10.2. The van der Waals surface area contributed by atoms with Crippen LogP contribution in [0.4, 0.5) is 11.4 Å². The van der Waals surface area contributed by atoms with Gasteiger partial charge in [-0.2, -0.15) is 0 Å². The molecule has 2 saturated heterocycles. The van der Waals surface area contributed by atoms with Crippen molar-refractivity contribution in [3.8, 4) is 11.5 Å². The van der Waals surface area contributed by atoms with Gasteiger partial charge < -0.3 is 9.47 Å². The number of amides is 2. The summed E-state index contributed by atoms with van der Waals surface area (Å²) in [5, 5.41) is 2.19. The minimum absolute atomic E-state index is 0.321. The first-order chi connectivity index (χ1) is 17.5. The third-order valence-corrected chi connectivity index (χ3v) is 6.75. The van der Waals surface area contributed by atoms with E-state index in [1.54, 1.807) is 36.4 Å². The summed E-state index contributed by atoms with van der Waals surface area (Å²) in [6, 6.07) is 21.1. The highest BCUT2D eigenvalue weighted by atomic mass is 35.5. The highest BCUT2D eigenvalue weighted by molar-refractivity contribution is 6.31. The number of fused-ring (bicyclic) bond motifs is 1. The van der Waals surface area contributed by atoms with Crippen LogP contribution in [0.2, 0.25) is 5.02 Å². The lowest BCUT2D eigenvalue weighted by molar-refractivity contribution is -0.126. The van der Waals surface area contributed by atoms with Crippen molar-refractivity contribution in [3.63, 3.8) is 0 Å². The molecule has 36 heavy (non-hydrogen) atoms. The number of benzene rings is 3. The van der Waals surface area contributed by atoms with Crippen LogP contribution < -0.4 is 19.4 Å². The number of para-hydroxylation sites is 1. The predicted molar refractivity (Wildman–Crippen MR) is 137 cm³/mol. The largest absolute Gasteiger partial charge is 0.493 e. The van der Waals surface area contributed by atoms with Crippen molar-refractivity contribution in [1.29, 1.82) is 0 Å². The van der Waals surface area contributed by atoms with Crippen molar-refractivity contribution in [2.45, 2.75) is 31.9 Å². The molecular weight excluding hydrogens is 480 g/mol. The number of rotatable bonds is 8. The molecular formula is C28H27ClN2O5. The molecule has 0 spiro atoms. The maximum Gasteiger partial charge on any atom is 0.266 e. The molecule has 3 aromatic carbocycles. The van der Waals surface area contributed by atoms with Gasteiger partial charge in [-0.25, -0.2) is 9.96 Å². The summed E-state index contributed by atoms with van der Waals surface area (Å²) in [5.41, 5.74) is 2.00. The molecule has 0 aromatic heterocycles. The molecule has 0 unspecified atom stereocenters. The minimum atomic E-state index is -0.954. The second-order valence-corrected chi connectivity index (χ2v) is 9.20. The molecule has 2 aliphatic rings. The first-order valence-corrected chi connectivity index (χ1v) is 12.4. The van der Waals surface area contributed by atoms with Gasteiger partial charge in [0.15, 0.2) is 17.6 Å². The maximum atomic E-state index is 13.7. The average Bonchev–Trinajstić information content (AvgIpc) is 3.41. The van der Waals surface area contributed by atoms with Gasteiger partial charge in [-0.3, -0.25) is 14.4 Å². The molecule has 2 amide bonds. The summed E-state index contributed by atoms with van der Waals surface area (Å²) < 4.78 is 11.5. The van der Waals surface area contributed by atoms with E-state index >= 15 is 0 Å². The topological polar surface area (TPSA) is 68.3 Å². The first-order valence-electron chi connectivity index (χ1n) is 12.0. The maximum absolute atomic E-state index is 13.7. The summed E-state index contributed by atoms with van der Waals surface area (Å²) in [6.45, 7) is 2.69. The zero-order chi connectivity index (χ0) is 25.2. The van der Waals surface area contributed by atoms with Crippen LogP contribution in [0.5, 0.6) is 11.5 Å². The van der Waals surface area contributed by atoms with Crippen LogP contribution in [0.25, 0.3) is 0 Å². The van der Waals surface area contributed by atoms with Crippen molar-refractivity contribution >= 4 is 34.8 Å². The fraction of sp³-hybridized carbons (Fsp3) is 0.286. The minimum Gasteiger partial charge on any atom is -0.493 e. The van der Waals surface area contributed by atoms with Crippen LogP contribution in [-0.4, -0.2) is 31.6 Å². The number of hydroxylamine groups is 1. The van der Waals surface area contributed by atoms with Crippen LogP contribution in [0.15, 0.2) is 72.8 Å². The molecule has 2 aliphatic heterocycles. The number of methoxy groups -OCH3 is 1. The molecule has 0 aliphatic carbocycles. The van der Waals surface area contributed by atoms with E-state index < -0.39 is 24.0 Å². The number of carbonyl (C=O) groups is 2. The molecule has 7 nitrogen and oxygen atoms in total. The van der Waals surface area contributed by atoms with Crippen molar-refractivity contribution in [1.82, 2.24) is 0 Å². The van der Waals surface area contributed by atoms with E-state index in [2.05, 4.69) is 6.92 Å². The lowest BCUT2D eigenvalue weighted by Gasteiger charge is -2.29. The summed E-state index contributed by atoms with van der Waals surface area (Å²) in [6.07, 6.45) is 1.00. The molecule has 3 atom stereocenters. The molecule has 8 heteroatoms. The van der Waals surface area contributed by atoms with E-state index in [9.17, 15) is 9.59 Å². The molecule has 0 bridgehead atoms. The Morgan fingerprint density at radius 1 is 0.917 bits per heavy atom. The molecule has 2 fully saturated rings. The van der Waals surface area contributed by atoms with Crippen molar-refractivity contribution < 1.29 is 23.9 Å². The van der Waals surface area contributed by atoms with Gasteiger partial charge in [-0.1, -0.05) is 49.2 Å².